The van der Waals surface area contributed by atoms with E-state index in [1.165, 1.54) is 4.90 Å². The van der Waals surface area contributed by atoms with Crippen LogP contribution in [0.4, 0.5) is 15.3 Å². The van der Waals surface area contributed by atoms with Crippen LogP contribution in [0.2, 0.25) is 0 Å². The molecule has 0 bridgehead atoms. The number of ether oxygens (including phenoxy) is 4. The first-order valence-corrected chi connectivity index (χ1v) is 23.9. The Kier molecular flexibility index (Phi) is 20.7. The van der Waals surface area contributed by atoms with Crippen LogP contribution in [0, 0.1) is 11.8 Å². The van der Waals surface area contributed by atoms with Crippen LogP contribution in [-0.2, 0) is 49.3 Å². The van der Waals surface area contributed by atoms with Gasteiger partial charge >= 0.3 is 30.0 Å². The van der Waals surface area contributed by atoms with Gasteiger partial charge in [-0.3, -0.25) is 19.3 Å². The van der Waals surface area contributed by atoms with E-state index in [0.717, 1.165) is 23.6 Å². The van der Waals surface area contributed by atoms with Crippen molar-refractivity contribution < 1.29 is 52.5 Å². The van der Waals surface area contributed by atoms with Crippen LogP contribution in [-0.4, -0.2) is 103 Å². The first kappa shape index (κ1) is 56.9. The Morgan fingerprint density at radius 3 is 1.76 bits per heavy atom. The molecule has 0 spiro atoms. The number of fused-ring (bicyclic) bond motifs is 1. The SMILES string of the molecule is CN(C(=O)OC(C)(C)C)c1cc(C[C@@H](NC(=O)C2CCC(CN)CC2)C(=O)NCCCC[C@H](NC(=O)N[C@@H](CCC(=O)OC(C)(C)C)C(=O)OC(C)(C)C)C(=O)OC(C)(C)C)cc2ccccc12. The van der Waals surface area contributed by atoms with Crippen LogP contribution in [0.3, 0.4) is 0 Å². The Labute approximate surface area is 403 Å². The Hall–Kier alpha value is -5.45. The van der Waals surface area contributed by atoms with Gasteiger partial charge in [-0.1, -0.05) is 30.3 Å². The van der Waals surface area contributed by atoms with Crippen molar-refractivity contribution in [3.05, 3.63) is 42.0 Å². The lowest BCUT2D eigenvalue weighted by Crippen LogP contribution is -2.53. The molecule has 68 heavy (non-hydrogen) atoms. The molecule has 6 N–H and O–H groups in total. The second-order valence-electron chi connectivity index (χ2n) is 21.8. The molecule has 0 aliphatic heterocycles. The number of nitrogens with one attached hydrogen (secondary N) is 4. The molecule has 0 radical (unpaired) electrons. The molecule has 380 valence electrons. The van der Waals surface area contributed by atoms with Gasteiger partial charge in [0.25, 0.3) is 0 Å². The van der Waals surface area contributed by atoms with Gasteiger partial charge in [0.1, 0.15) is 40.5 Å². The summed E-state index contributed by atoms with van der Waals surface area (Å²) in [7, 11) is 1.63. The molecule has 1 fully saturated rings. The van der Waals surface area contributed by atoms with Gasteiger partial charge < -0.3 is 45.9 Å². The topological polar surface area (TPSA) is 234 Å². The summed E-state index contributed by atoms with van der Waals surface area (Å²) in [5, 5.41) is 12.9. The Morgan fingerprint density at radius 1 is 0.676 bits per heavy atom. The number of urea groups is 1. The lowest BCUT2D eigenvalue weighted by atomic mass is 9.81. The molecule has 1 aliphatic carbocycles. The summed E-state index contributed by atoms with van der Waals surface area (Å²) in [6.07, 6.45) is 3.13. The van der Waals surface area contributed by atoms with Crippen LogP contribution < -0.4 is 31.9 Å². The number of unbranched alkanes of at least 4 members (excludes halogenated alkanes) is 1. The maximum Gasteiger partial charge on any atom is 0.414 e. The molecular formula is C51H80N6O11. The molecule has 5 amide bonds. The summed E-state index contributed by atoms with van der Waals surface area (Å²) < 4.78 is 22.2. The average molecular weight is 953 g/mol. The van der Waals surface area contributed by atoms with Gasteiger partial charge in [-0.15, -0.1) is 0 Å². The minimum atomic E-state index is -1.24. The van der Waals surface area contributed by atoms with E-state index in [-0.39, 0.29) is 44.1 Å². The second kappa shape index (κ2) is 24.7. The lowest BCUT2D eigenvalue weighted by Gasteiger charge is -2.29. The van der Waals surface area contributed by atoms with E-state index in [1.807, 2.05) is 36.4 Å². The van der Waals surface area contributed by atoms with Crippen LogP contribution in [0.15, 0.2) is 36.4 Å². The summed E-state index contributed by atoms with van der Waals surface area (Å²) in [6.45, 7) is 21.4. The molecule has 1 aliphatic rings. The molecule has 17 heteroatoms. The average Bonchev–Trinajstić information content (AvgIpc) is 3.21. The first-order chi connectivity index (χ1) is 31.4. The normalized spacial score (nSPS) is 16.9. The molecule has 0 aromatic heterocycles. The van der Waals surface area contributed by atoms with Crippen LogP contribution in [0.5, 0.6) is 0 Å². The van der Waals surface area contributed by atoms with E-state index in [2.05, 4.69) is 21.3 Å². The van der Waals surface area contributed by atoms with Crippen molar-refractivity contribution in [2.24, 2.45) is 17.6 Å². The number of hydrogen-bond donors (Lipinski definition) is 5. The minimum Gasteiger partial charge on any atom is -0.460 e. The number of anilines is 1. The summed E-state index contributed by atoms with van der Waals surface area (Å²) in [4.78, 5) is 95.2. The third-order valence-electron chi connectivity index (χ3n) is 10.8. The molecule has 0 heterocycles. The number of carbonyl (C=O) groups is 7. The number of nitrogens with two attached hydrogens (primary N) is 1. The standard InChI is InChI=1S/C51H80N6O11/c1-48(2,3)65-41(58)26-25-38(45(62)67-50(7,8)9)56-46(63)55-37(44(61)66-49(4,5)6)20-16-17-27-53-43(60)39(54-42(59)34-23-21-32(31-52)22-24-34)29-33-28-35-18-14-15-19-36(35)40(30-33)57(13)47(64)68-51(10,11)12/h14-15,18-19,28,30,32,34,37-39H,16-17,20-27,29,31,52H2,1-13H3,(H,53,60)(H,54,59)(H2,55,56,63)/t32?,34?,37-,38-,39+/m0/s1. The van der Waals surface area contributed by atoms with Crippen molar-refractivity contribution in [1.29, 1.82) is 0 Å². The summed E-state index contributed by atoms with van der Waals surface area (Å²) >= 11 is 0. The summed E-state index contributed by atoms with van der Waals surface area (Å²) in [6, 6.07) is 7.17. The van der Waals surface area contributed by atoms with E-state index in [0.29, 0.717) is 49.4 Å². The zero-order valence-electron chi connectivity index (χ0n) is 42.9. The third-order valence-corrected chi connectivity index (χ3v) is 10.8. The summed E-state index contributed by atoms with van der Waals surface area (Å²) in [5.41, 5.74) is 3.97. The van der Waals surface area contributed by atoms with Crippen molar-refractivity contribution in [1.82, 2.24) is 21.3 Å². The number of benzene rings is 2. The smallest absolute Gasteiger partial charge is 0.414 e. The Bertz CT molecular complexity index is 2060. The quantitative estimate of drug-likeness (QED) is 0.0538. The predicted octanol–water partition coefficient (Wildman–Crippen LogP) is 7.13. The Balaban J connectivity index is 1.79. The van der Waals surface area contributed by atoms with Gasteiger partial charge in [0, 0.05) is 37.7 Å². The van der Waals surface area contributed by atoms with E-state index in [9.17, 15) is 33.6 Å². The fraction of sp³-hybridized carbons (Fsp3) is 0.667. The number of amides is 5. The van der Waals surface area contributed by atoms with E-state index >= 15 is 0 Å². The van der Waals surface area contributed by atoms with E-state index < -0.39 is 76.5 Å². The zero-order chi connectivity index (χ0) is 51.2. The maximum atomic E-state index is 14.1. The molecule has 0 saturated heterocycles. The molecule has 0 unspecified atom stereocenters. The predicted molar refractivity (Wildman–Crippen MR) is 262 cm³/mol. The third kappa shape index (κ3) is 20.4. The van der Waals surface area contributed by atoms with Gasteiger partial charge in [-0.2, -0.15) is 0 Å². The number of esters is 3. The van der Waals surface area contributed by atoms with Crippen LogP contribution in [0.25, 0.3) is 10.8 Å². The van der Waals surface area contributed by atoms with Crippen LogP contribution >= 0.6 is 0 Å². The molecular weight excluding hydrogens is 873 g/mol. The van der Waals surface area contributed by atoms with Crippen molar-refractivity contribution >= 4 is 58.3 Å². The number of hydrogen-bond acceptors (Lipinski definition) is 12. The molecule has 3 atom stereocenters. The molecule has 2 aromatic rings. The van der Waals surface area contributed by atoms with Gasteiger partial charge in [0.05, 0.1) is 5.69 Å². The van der Waals surface area contributed by atoms with Gasteiger partial charge in [0.15, 0.2) is 0 Å². The summed E-state index contributed by atoms with van der Waals surface area (Å²) in [5.74, 6) is -2.55. The molecule has 1 saturated carbocycles. The van der Waals surface area contributed by atoms with Crippen molar-refractivity contribution in [2.75, 3.05) is 25.0 Å². The second-order valence-corrected chi connectivity index (χ2v) is 21.8. The number of rotatable bonds is 19. The zero-order valence-corrected chi connectivity index (χ0v) is 42.9. The van der Waals surface area contributed by atoms with Crippen molar-refractivity contribution in [2.45, 2.75) is 188 Å². The highest BCUT2D eigenvalue weighted by molar-refractivity contribution is 6.02. The lowest BCUT2D eigenvalue weighted by molar-refractivity contribution is -0.159. The number of nitrogens with zero attached hydrogens (tertiary/aromatic N) is 1. The molecule has 2 aromatic carbocycles. The van der Waals surface area contributed by atoms with Crippen molar-refractivity contribution in [3.63, 3.8) is 0 Å². The highest BCUT2D eigenvalue weighted by Gasteiger charge is 2.33. The maximum absolute atomic E-state index is 14.1. The van der Waals surface area contributed by atoms with Crippen LogP contribution in [0.1, 0.15) is 146 Å². The fourth-order valence-electron chi connectivity index (χ4n) is 7.63. The monoisotopic (exact) mass is 953 g/mol. The van der Waals surface area contributed by atoms with Crippen molar-refractivity contribution in [3.8, 4) is 0 Å². The largest absolute Gasteiger partial charge is 0.460 e. The Morgan fingerprint density at radius 2 is 1.22 bits per heavy atom. The highest BCUT2D eigenvalue weighted by Crippen LogP contribution is 2.31. The van der Waals surface area contributed by atoms with Gasteiger partial charge in [-0.05, 0) is 164 Å². The van der Waals surface area contributed by atoms with Gasteiger partial charge in [-0.25, -0.2) is 19.2 Å². The molecule has 3 rings (SSSR count). The van der Waals surface area contributed by atoms with E-state index in [1.54, 1.807) is 90.1 Å². The number of carbonyl (C=O) groups excluding carboxylic acids is 7. The highest BCUT2D eigenvalue weighted by atomic mass is 16.6. The minimum absolute atomic E-state index is 0.115. The van der Waals surface area contributed by atoms with Gasteiger partial charge in [0.2, 0.25) is 11.8 Å². The first-order valence-electron chi connectivity index (χ1n) is 23.9. The molecule has 17 nitrogen and oxygen atoms in total. The van der Waals surface area contributed by atoms with E-state index in [4.69, 9.17) is 24.7 Å². The fourth-order valence-corrected chi connectivity index (χ4v) is 7.63.